The molecule has 0 unspecified atom stereocenters. The molecule has 10 heteroatoms. The van der Waals surface area contributed by atoms with Gasteiger partial charge in [0.05, 0.1) is 17.1 Å². The molecule has 4 aliphatic rings. The molecular formula is C22H32Cl2N2O6. The lowest BCUT2D eigenvalue weighted by Crippen LogP contribution is -2.78. The summed E-state index contributed by atoms with van der Waals surface area (Å²) in [6.45, 7) is 2.35. The number of likely N-dealkylation sites (N-methyl/N-ethyl adjacent to an activating group) is 1. The van der Waals surface area contributed by atoms with Crippen LogP contribution in [0.3, 0.4) is 0 Å². The Morgan fingerprint density at radius 3 is 2.69 bits per heavy atom. The SMILES string of the molecule is CO[C@@]12CC[C@@H](N[C@H](C(=O)O)[C@@H](C)O)[C@@H]3Oc4c(O)ccc5c4[C@@]31CCN(C)[C@@H]2C5.Cl.Cl. The van der Waals surface area contributed by atoms with Crippen LogP contribution >= 0.6 is 24.8 Å². The molecule has 1 saturated heterocycles. The third kappa shape index (κ3) is 3.00. The van der Waals surface area contributed by atoms with E-state index in [4.69, 9.17) is 9.47 Å². The zero-order valence-corrected chi connectivity index (χ0v) is 20.0. The fourth-order valence-electron chi connectivity index (χ4n) is 6.96. The average molecular weight is 491 g/mol. The number of ether oxygens (including phenoxy) is 2. The van der Waals surface area contributed by atoms with E-state index in [1.165, 1.54) is 12.5 Å². The summed E-state index contributed by atoms with van der Waals surface area (Å²) in [5.74, 6) is -0.460. The molecule has 5 rings (SSSR count). The predicted molar refractivity (Wildman–Crippen MR) is 122 cm³/mol. The highest BCUT2D eigenvalue weighted by Crippen LogP contribution is 2.66. The number of hydrogen-bond acceptors (Lipinski definition) is 7. The number of carboxylic acid groups (broad SMARTS) is 1. The summed E-state index contributed by atoms with van der Waals surface area (Å²) in [5, 5.41) is 33.4. The number of aliphatic hydroxyl groups excluding tert-OH is 1. The van der Waals surface area contributed by atoms with Gasteiger partial charge in [0.2, 0.25) is 0 Å². The minimum atomic E-state index is -1.09. The fraction of sp³-hybridized carbons (Fsp3) is 0.682. The molecule has 0 aromatic heterocycles. The normalized spacial score (nSPS) is 36.1. The van der Waals surface area contributed by atoms with Crippen molar-refractivity contribution in [2.75, 3.05) is 20.7 Å². The Kier molecular flexibility index (Phi) is 6.72. The van der Waals surface area contributed by atoms with Gasteiger partial charge in [0, 0.05) is 24.8 Å². The summed E-state index contributed by atoms with van der Waals surface area (Å²) < 4.78 is 12.8. The minimum absolute atomic E-state index is 0. The van der Waals surface area contributed by atoms with E-state index in [2.05, 4.69) is 17.3 Å². The lowest BCUT2D eigenvalue weighted by molar-refractivity contribution is -0.204. The maximum Gasteiger partial charge on any atom is 0.323 e. The van der Waals surface area contributed by atoms with Crippen molar-refractivity contribution in [3.8, 4) is 11.5 Å². The summed E-state index contributed by atoms with van der Waals surface area (Å²) >= 11 is 0. The Hall–Kier alpha value is -1.29. The van der Waals surface area contributed by atoms with E-state index in [1.54, 1.807) is 13.2 Å². The van der Waals surface area contributed by atoms with E-state index in [9.17, 15) is 20.1 Å². The number of aliphatic hydroxyl groups is 1. The highest BCUT2D eigenvalue weighted by atomic mass is 35.5. The molecule has 2 fully saturated rings. The molecular weight excluding hydrogens is 459 g/mol. The van der Waals surface area contributed by atoms with Crippen molar-refractivity contribution in [3.63, 3.8) is 0 Å². The number of aromatic hydroxyl groups is 1. The van der Waals surface area contributed by atoms with Crippen LogP contribution in [0.2, 0.25) is 0 Å². The van der Waals surface area contributed by atoms with Gasteiger partial charge in [-0.2, -0.15) is 0 Å². The van der Waals surface area contributed by atoms with E-state index in [0.717, 1.165) is 31.4 Å². The van der Waals surface area contributed by atoms with E-state index < -0.39 is 29.1 Å². The number of aliphatic carboxylic acids is 1. The standard InChI is InChI=1S/C22H30N2O6.2ClH/c1-11(25)17(20(27)28)23-13-6-7-22(29-3)15-10-12-4-5-14(26)18-16(12)21(22,19(13)30-18)8-9-24(15)2;;/h4-5,11,13,15,17,19,23,25-26H,6-10H2,1-3H3,(H,27,28);2*1H/t11-,13-,15-,17+,19+,21+,22-;;/m1../s1. The van der Waals surface area contributed by atoms with Crippen LogP contribution in [0.5, 0.6) is 11.5 Å². The lowest BCUT2D eigenvalue weighted by atomic mass is 9.48. The molecule has 180 valence electrons. The number of piperidine rings is 1. The molecule has 0 amide bonds. The van der Waals surface area contributed by atoms with Crippen molar-refractivity contribution in [3.05, 3.63) is 23.3 Å². The van der Waals surface area contributed by atoms with Gasteiger partial charge in [-0.15, -0.1) is 24.8 Å². The molecule has 8 nitrogen and oxygen atoms in total. The predicted octanol–water partition coefficient (Wildman–Crippen LogP) is 1.47. The molecule has 2 bridgehead atoms. The molecule has 1 spiro atoms. The van der Waals surface area contributed by atoms with E-state index in [0.29, 0.717) is 12.2 Å². The topological polar surface area (TPSA) is 111 Å². The van der Waals surface area contributed by atoms with Crippen molar-refractivity contribution in [1.29, 1.82) is 0 Å². The molecule has 4 N–H and O–H groups in total. The first kappa shape index (κ1) is 25.3. The summed E-state index contributed by atoms with van der Waals surface area (Å²) in [7, 11) is 3.90. The number of benzene rings is 1. The van der Waals surface area contributed by atoms with E-state index >= 15 is 0 Å². The summed E-state index contributed by atoms with van der Waals surface area (Å²) in [6.07, 6.45) is 1.60. The molecule has 0 radical (unpaired) electrons. The van der Waals surface area contributed by atoms with E-state index in [-0.39, 0.29) is 48.8 Å². The minimum Gasteiger partial charge on any atom is -0.504 e. The molecule has 2 heterocycles. The van der Waals surface area contributed by atoms with Crippen molar-refractivity contribution in [2.45, 2.75) is 74.0 Å². The van der Waals surface area contributed by atoms with E-state index in [1.807, 2.05) is 6.07 Å². The Morgan fingerprint density at radius 1 is 1.34 bits per heavy atom. The molecule has 1 aromatic rings. The van der Waals surface area contributed by atoms with Crippen LogP contribution in [0, 0.1) is 0 Å². The molecule has 2 aliphatic heterocycles. The van der Waals surface area contributed by atoms with Gasteiger partial charge in [0.25, 0.3) is 0 Å². The smallest absolute Gasteiger partial charge is 0.323 e. The van der Waals surface area contributed by atoms with Gasteiger partial charge in [-0.3, -0.25) is 10.1 Å². The molecule has 1 aromatic carbocycles. The fourth-order valence-corrected chi connectivity index (χ4v) is 6.96. The number of likely N-dealkylation sites (tertiary alicyclic amines) is 1. The number of methoxy groups -OCH3 is 1. The molecule has 2 aliphatic carbocycles. The second-order valence-corrected chi connectivity index (χ2v) is 9.37. The maximum absolute atomic E-state index is 11.7. The zero-order valence-electron chi connectivity index (χ0n) is 18.4. The Morgan fingerprint density at radius 2 is 2.06 bits per heavy atom. The highest BCUT2D eigenvalue weighted by Gasteiger charge is 2.73. The third-order valence-corrected chi connectivity index (χ3v) is 8.20. The Bertz CT molecular complexity index is 901. The molecule has 32 heavy (non-hydrogen) atoms. The van der Waals surface area contributed by atoms with Crippen LogP contribution in [0.1, 0.15) is 37.3 Å². The first-order chi connectivity index (χ1) is 14.3. The number of nitrogens with one attached hydrogen (secondary N) is 1. The van der Waals surface area contributed by atoms with Crippen LogP contribution in [-0.4, -0.2) is 82.8 Å². The first-order valence-corrected chi connectivity index (χ1v) is 10.7. The van der Waals surface area contributed by atoms with Gasteiger partial charge < -0.3 is 29.7 Å². The Balaban J connectivity index is 0.00000144. The number of nitrogens with zero attached hydrogens (tertiary/aromatic N) is 1. The number of hydrogen-bond donors (Lipinski definition) is 4. The van der Waals surface area contributed by atoms with Gasteiger partial charge >= 0.3 is 5.97 Å². The van der Waals surface area contributed by atoms with Crippen molar-refractivity contribution in [2.24, 2.45) is 0 Å². The number of carboxylic acids is 1. The third-order valence-electron chi connectivity index (χ3n) is 8.20. The monoisotopic (exact) mass is 490 g/mol. The van der Waals surface area contributed by atoms with Crippen LogP contribution in [0.15, 0.2) is 12.1 Å². The largest absolute Gasteiger partial charge is 0.504 e. The summed E-state index contributed by atoms with van der Waals surface area (Å²) in [4.78, 5) is 14.1. The van der Waals surface area contributed by atoms with Gasteiger partial charge in [0.1, 0.15) is 12.1 Å². The number of phenols is 1. The second kappa shape index (κ2) is 8.49. The maximum atomic E-state index is 11.7. The average Bonchev–Trinajstić information content (AvgIpc) is 3.06. The highest BCUT2D eigenvalue weighted by molar-refractivity contribution is 5.85. The number of halogens is 2. The lowest BCUT2D eigenvalue weighted by Gasteiger charge is -2.65. The Labute approximate surface area is 200 Å². The molecule has 1 saturated carbocycles. The van der Waals surface area contributed by atoms with Crippen LogP contribution in [-0.2, 0) is 21.4 Å². The van der Waals surface area contributed by atoms with Gasteiger partial charge in [-0.1, -0.05) is 6.07 Å². The summed E-state index contributed by atoms with van der Waals surface area (Å²) in [5.41, 5.74) is 1.26. The van der Waals surface area contributed by atoms with Crippen LogP contribution in [0.4, 0.5) is 0 Å². The first-order valence-electron chi connectivity index (χ1n) is 10.7. The number of carbonyl (C=O) groups is 1. The van der Waals surface area contributed by atoms with Crippen LogP contribution in [0.25, 0.3) is 0 Å². The number of rotatable bonds is 5. The second-order valence-electron chi connectivity index (χ2n) is 9.37. The zero-order chi connectivity index (χ0) is 21.4. The van der Waals surface area contributed by atoms with Gasteiger partial charge in [-0.05, 0) is 57.8 Å². The summed E-state index contributed by atoms with van der Waals surface area (Å²) in [6, 6.07) is 2.48. The van der Waals surface area contributed by atoms with Gasteiger partial charge in [-0.25, -0.2) is 0 Å². The van der Waals surface area contributed by atoms with Crippen molar-refractivity contribution in [1.82, 2.24) is 10.2 Å². The number of phenolic OH excluding ortho intramolecular Hbond substituents is 1. The van der Waals surface area contributed by atoms with Crippen molar-refractivity contribution >= 4 is 30.8 Å². The van der Waals surface area contributed by atoms with Crippen molar-refractivity contribution < 1.29 is 29.6 Å². The van der Waals surface area contributed by atoms with Gasteiger partial charge in [0.15, 0.2) is 11.5 Å². The molecule has 7 atom stereocenters. The quantitative estimate of drug-likeness (QED) is 0.490. The van der Waals surface area contributed by atoms with Crippen LogP contribution < -0.4 is 10.1 Å².